The Kier molecular flexibility index (Phi) is 5.31. The van der Waals surface area contributed by atoms with Gasteiger partial charge < -0.3 is 15.5 Å². The smallest absolute Gasteiger partial charge is 0.226 e. The SMILES string of the molecule is Cc1ccc(-c2nc(CC(=O)NCCCCN)cs2)o1. The van der Waals surface area contributed by atoms with Crippen molar-refractivity contribution in [2.75, 3.05) is 13.1 Å². The monoisotopic (exact) mass is 293 g/mol. The number of thiazole rings is 1. The molecule has 5 nitrogen and oxygen atoms in total. The molecule has 6 heteroatoms. The van der Waals surface area contributed by atoms with E-state index in [2.05, 4.69) is 10.3 Å². The number of nitrogens with one attached hydrogen (secondary N) is 1. The molecule has 108 valence electrons. The number of aryl methyl sites for hydroxylation is 1. The molecule has 2 aromatic heterocycles. The number of hydrogen-bond acceptors (Lipinski definition) is 5. The van der Waals surface area contributed by atoms with Crippen LogP contribution >= 0.6 is 11.3 Å². The Morgan fingerprint density at radius 3 is 3.00 bits per heavy atom. The predicted octanol–water partition coefficient (Wildman–Crippen LogP) is 2.11. The van der Waals surface area contributed by atoms with E-state index in [4.69, 9.17) is 10.2 Å². The van der Waals surface area contributed by atoms with Gasteiger partial charge in [-0.15, -0.1) is 11.3 Å². The molecule has 0 saturated heterocycles. The minimum absolute atomic E-state index is 0.00510. The van der Waals surface area contributed by atoms with Crippen LogP contribution in [0.3, 0.4) is 0 Å². The highest BCUT2D eigenvalue weighted by Crippen LogP contribution is 2.25. The van der Waals surface area contributed by atoms with Gasteiger partial charge in [0.05, 0.1) is 12.1 Å². The third-order valence-electron chi connectivity index (χ3n) is 2.80. The summed E-state index contributed by atoms with van der Waals surface area (Å²) < 4.78 is 5.52. The number of carbonyl (C=O) groups excluding carboxylic acids is 1. The number of amides is 1. The van der Waals surface area contributed by atoms with E-state index in [1.54, 1.807) is 0 Å². The number of rotatable bonds is 7. The Hall–Kier alpha value is -1.66. The van der Waals surface area contributed by atoms with Gasteiger partial charge in [0.25, 0.3) is 0 Å². The average Bonchev–Trinajstić information content (AvgIpc) is 3.04. The number of unbranched alkanes of at least 4 members (excludes halogenated alkanes) is 1. The molecule has 0 aliphatic heterocycles. The Morgan fingerprint density at radius 2 is 2.30 bits per heavy atom. The summed E-state index contributed by atoms with van der Waals surface area (Å²) in [6.45, 7) is 3.23. The van der Waals surface area contributed by atoms with Crippen molar-refractivity contribution in [2.24, 2.45) is 5.73 Å². The van der Waals surface area contributed by atoms with Gasteiger partial charge in [0.15, 0.2) is 10.8 Å². The first-order chi connectivity index (χ1) is 9.69. The standard InChI is InChI=1S/C14H19N3O2S/c1-10-4-5-12(19-10)14-17-11(9-20-14)8-13(18)16-7-3-2-6-15/h4-5,9H,2-3,6-8,15H2,1H3,(H,16,18). The second-order valence-electron chi connectivity index (χ2n) is 4.58. The maximum atomic E-state index is 11.7. The van der Waals surface area contributed by atoms with E-state index in [-0.39, 0.29) is 5.91 Å². The highest BCUT2D eigenvalue weighted by atomic mass is 32.1. The Labute approximate surface area is 122 Å². The summed E-state index contributed by atoms with van der Waals surface area (Å²) >= 11 is 1.49. The summed E-state index contributed by atoms with van der Waals surface area (Å²) in [7, 11) is 0. The van der Waals surface area contributed by atoms with Crippen molar-refractivity contribution in [3.63, 3.8) is 0 Å². The zero-order valence-electron chi connectivity index (χ0n) is 11.5. The number of hydrogen-bond donors (Lipinski definition) is 2. The van der Waals surface area contributed by atoms with E-state index in [0.717, 1.165) is 35.1 Å². The van der Waals surface area contributed by atoms with Gasteiger partial charge in [0.2, 0.25) is 5.91 Å². The molecule has 0 unspecified atom stereocenters. The van der Waals surface area contributed by atoms with Crippen LogP contribution in [0.4, 0.5) is 0 Å². The maximum Gasteiger partial charge on any atom is 0.226 e. The van der Waals surface area contributed by atoms with Gasteiger partial charge >= 0.3 is 0 Å². The minimum atomic E-state index is -0.00510. The van der Waals surface area contributed by atoms with Crippen LogP contribution in [0.2, 0.25) is 0 Å². The van der Waals surface area contributed by atoms with Crippen LogP contribution in [0.15, 0.2) is 21.9 Å². The number of nitrogens with two attached hydrogens (primary N) is 1. The highest BCUT2D eigenvalue weighted by Gasteiger charge is 2.10. The molecule has 0 aliphatic rings. The lowest BCUT2D eigenvalue weighted by atomic mass is 10.3. The third kappa shape index (κ3) is 4.18. The fraction of sp³-hybridized carbons (Fsp3) is 0.429. The number of furan rings is 1. The molecule has 0 aromatic carbocycles. The maximum absolute atomic E-state index is 11.7. The molecule has 0 bridgehead atoms. The summed E-state index contributed by atoms with van der Waals surface area (Å²) in [5, 5.41) is 5.57. The molecule has 0 aliphatic carbocycles. The van der Waals surface area contributed by atoms with E-state index < -0.39 is 0 Å². The molecule has 2 aromatic rings. The zero-order valence-corrected chi connectivity index (χ0v) is 12.3. The van der Waals surface area contributed by atoms with Gasteiger partial charge in [-0.05, 0) is 38.4 Å². The summed E-state index contributed by atoms with van der Waals surface area (Å²) in [6, 6.07) is 3.80. The molecular weight excluding hydrogens is 274 g/mol. The number of nitrogens with zero attached hydrogens (tertiary/aromatic N) is 1. The lowest BCUT2D eigenvalue weighted by molar-refractivity contribution is -0.120. The van der Waals surface area contributed by atoms with Crippen LogP contribution in [0, 0.1) is 6.92 Å². The van der Waals surface area contributed by atoms with E-state index in [0.29, 0.717) is 19.5 Å². The number of aromatic nitrogens is 1. The van der Waals surface area contributed by atoms with E-state index >= 15 is 0 Å². The third-order valence-corrected chi connectivity index (χ3v) is 3.70. The minimum Gasteiger partial charge on any atom is -0.459 e. The van der Waals surface area contributed by atoms with Crippen LogP contribution in [0.1, 0.15) is 24.3 Å². The van der Waals surface area contributed by atoms with Crippen molar-refractivity contribution in [3.8, 4) is 10.8 Å². The average molecular weight is 293 g/mol. The topological polar surface area (TPSA) is 81.2 Å². The van der Waals surface area contributed by atoms with Crippen LogP contribution in [0.25, 0.3) is 10.8 Å². The zero-order chi connectivity index (χ0) is 14.4. The van der Waals surface area contributed by atoms with Crippen molar-refractivity contribution in [1.82, 2.24) is 10.3 Å². The van der Waals surface area contributed by atoms with Crippen molar-refractivity contribution >= 4 is 17.2 Å². The summed E-state index contributed by atoms with van der Waals surface area (Å²) in [5.74, 6) is 1.60. The van der Waals surface area contributed by atoms with Gasteiger partial charge in [-0.1, -0.05) is 0 Å². The largest absolute Gasteiger partial charge is 0.459 e. The summed E-state index contributed by atoms with van der Waals surface area (Å²) in [6.07, 6.45) is 2.15. The summed E-state index contributed by atoms with van der Waals surface area (Å²) in [4.78, 5) is 16.1. The van der Waals surface area contributed by atoms with E-state index in [1.165, 1.54) is 11.3 Å². The van der Waals surface area contributed by atoms with Crippen molar-refractivity contribution in [1.29, 1.82) is 0 Å². The lowest BCUT2D eigenvalue weighted by Gasteiger charge is -2.02. The first kappa shape index (κ1) is 14.7. The lowest BCUT2D eigenvalue weighted by Crippen LogP contribution is -2.26. The molecule has 0 atom stereocenters. The normalized spacial score (nSPS) is 10.7. The Morgan fingerprint density at radius 1 is 1.45 bits per heavy atom. The molecule has 0 fully saturated rings. The molecule has 3 N–H and O–H groups in total. The fourth-order valence-corrected chi connectivity index (χ4v) is 2.55. The van der Waals surface area contributed by atoms with Gasteiger partial charge in [0, 0.05) is 11.9 Å². The fourth-order valence-electron chi connectivity index (χ4n) is 1.77. The Balaban J connectivity index is 1.85. The van der Waals surface area contributed by atoms with Gasteiger partial charge in [0.1, 0.15) is 5.76 Å². The van der Waals surface area contributed by atoms with Gasteiger partial charge in [-0.25, -0.2) is 4.98 Å². The van der Waals surface area contributed by atoms with Crippen LogP contribution in [-0.2, 0) is 11.2 Å². The van der Waals surface area contributed by atoms with Crippen molar-refractivity contribution in [2.45, 2.75) is 26.2 Å². The first-order valence-electron chi connectivity index (χ1n) is 6.67. The second kappa shape index (κ2) is 7.21. The van der Waals surface area contributed by atoms with Crippen molar-refractivity contribution in [3.05, 3.63) is 29.0 Å². The van der Waals surface area contributed by atoms with E-state index in [9.17, 15) is 4.79 Å². The molecule has 2 heterocycles. The van der Waals surface area contributed by atoms with E-state index in [1.807, 2.05) is 24.4 Å². The first-order valence-corrected chi connectivity index (χ1v) is 7.55. The molecule has 0 spiro atoms. The quantitative estimate of drug-likeness (QED) is 0.766. The van der Waals surface area contributed by atoms with Crippen LogP contribution in [-0.4, -0.2) is 24.0 Å². The van der Waals surface area contributed by atoms with Gasteiger partial charge in [-0.3, -0.25) is 4.79 Å². The molecular formula is C14H19N3O2S. The molecule has 0 radical (unpaired) electrons. The summed E-state index contributed by atoms with van der Waals surface area (Å²) in [5.41, 5.74) is 6.17. The van der Waals surface area contributed by atoms with Crippen molar-refractivity contribution < 1.29 is 9.21 Å². The molecule has 0 saturated carbocycles. The second-order valence-corrected chi connectivity index (χ2v) is 5.43. The van der Waals surface area contributed by atoms with Gasteiger partial charge in [-0.2, -0.15) is 0 Å². The molecule has 2 rings (SSSR count). The predicted molar refractivity (Wildman–Crippen MR) is 79.6 cm³/mol. The molecule has 1 amide bonds. The molecule has 20 heavy (non-hydrogen) atoms. The highest BCUT2D eigenvalue weighted by molar-refractivity contribution is 7.13. The Bertz CT molecular complexity index is 562. The number of carbonyl (C=O) groups is 1. The van der Waals surface area contributed by atoms with Crippen LogP contribution < -0.4 is 11.1 Å². The van der Waals surface area contributed by atoms with Crippen LogP contribution in [0.5, 0.6) is 0 Å².